The van der Waals surface area contributed by atoms with Gasteiger partial charge in [-0.05, 0) is 6.07 Å². The zero-order valence-electron chi connectivity index (χ0n) is 7.87. The SMILES string of the molecule is NS(=O)(=O)c1cc(C(F)(F)F)ncc1C(F)F. The Labute approximate surface area is 92.3 Å². The number of nitrogens with zero attached hydrogens (tertiary/aromatic N) is 1. The summed E-state index contributed by atoms with van der Waals surface area (Å²) in [6, 6.07) is -0.0170. The zero-order chi connectivity index (χ0) is 13.4. The number of halogens is 5. The molecular weight excluding hydrogens is 271 g/mol. The van der Waals surface area contributed by atoms with Gasteiger partial charge in [0.05, 0.1) is 10.5 Å². The highest BCUT2D eigenvalue weighted by Gasteiger charge is 2.35. The van der Waals surface area contributed by atoms with Crippen molar-refractivity contribution in [3.63, 3.8) is 0 Å². The third-order valence-corrected chi connectivity index (χ3v) is 2.69. The summed E-state index contributed by atoms with van der Waals surface area (Å²) in [4.78, 5) is 1.44. The normalized spacial score (nSPS) is 13.1. The first kappa shape index (κ1) is 13.8. The fourth-order valence-corrected chi connectivity index (χ4v) is 1.76. The fraction of sp³-hybridized carbons (Fsp3) is 0.286. The van der Waals surface area contributed by atoms with E-state index in [0.29, 0.717) is 0 Å². The number of alkyl halides is 5. The van der Waals surface area contributed by atoms with E-state index in [0.717, 1.165) is 0 Å². The Kier molecular flexibility index (Phi) is 3.39. The van der Waals surface area contributed by atoms with E-state index in [1.54, 1.807) is 0 Å². The number of primary sulfonamides is 1. The van der Waals surface area contributed by atoms with E-state index in [1.807, 2.05) is 0 Å². The lowest BCUT2D eigenvalue weighted by atomic mass is 10.2. The number of rotatable bonds is 2. The second kappa shape index (κ2) is 4.18. The Morgan fingerprint density at radius 3 is 2.18 bits per heavy atom. The Hall–Kier alpha value is -1.29. The molecule has 1 rings (SSSR count). The lowest BCUT2D eigenvalue weighted by Crippen LogP contribution is -2.18. The highest BCUT2D eigenvalue weighted by atomic mass is 32.2. The first-order valence-corrected chi connectivity index (χ1v) is 5.46. The average Bonchev–Trinajstić information content (AvgIpc) is 2.14. The molecular formula is C7H5F5N2O2S. The molecule has 0 amide bonds. The lowest BCUT2D eigenvalue weighted by Gasteiger charge is -2.10. The molecule has 0 saturated carbocycles. The van der Waals surface area contributed by atoms with Crippen molar-refractivity contribution in [2.75, 3.05) is 0 Å². The summed E-state index contributed by atoms with van der Waals surface area (Å²) in [7, 11) is -4.68. The van der Waals surface area contributed by atoms with Crippen molar-refractivity contribution in [1.82, 2.24) is 4.98 Å². The summed E-state index contributed by atoms with van der Waals surface area (Å²) in [6.07, 6.45) is -8.09. The van der Waals surface area contributed by atoms with Crippen molar-refractivity contribution in [3.05, 3.63) is 23.5 Å². The molecule has 0 aliphatic heterocycles. The predicted molar refractivity (Wildman–Crippen MR) is 45.6 cm³/mol. The van der Waals surface area contributed by atoms with Crippen LogP contribution in [0.25, 0.3) is 0 Å². The van der Waals surface area contributed by atoms with Gasteiger partial charge >= 0.3 is 6.18 Å². The quantitative estimate of drug-likeness (QED) is 0.835. The first-order chi connectivity index (χ1) is 7.53. The maximum absolute atomic E-state index is 12.3. The molecule has 10 heteroatoms. The van der Waals surface area contributed by atoms with Gasteiger partial charge in [0.15, 0.2) is 0 Å². The summed E-state index contributed by atoms with van der Waals surface area (Å²) in [5, 5.41) is 4.55. The van der Waals surface area contributed by atoms with Gasteiger partial charge in [0, 0.05) is 6.20 Å². The highest BCUT2D eigenvalue weighted by Crippen LogP contribution is 2.32. The predicted octanol–water partition coefficient (Wildman–Crippen LogP) is 1.69. The van der Waals surface area contributed by atoms with Gasteiger partial charge in [0.25, 0.3) is 6.43 Å². The third-order valence-electron chi connectivity index (χ3n) is 1.73. The van der Waals surface area contributed by atoms with Gasteiger partial charge in [-0.3, -0.25) is 4.98 Å². The van der Waals surface area contributed by atoms with Crippen LogP contribution in [0.2, 0.25) is 0 Å². The van der Waals surface area contributed by atoms with Crippen LogP contribution in [0.15, 0.2) is 17.2 Å². The molecule has 0 aromatic carbocycles. The smallest absolute Gasteiger partial charge is 0.251 e. The second-order valence-corrected chi connectivity index (χ2v) is 4.48. The van der Waals surface area contributed by atoms with Crippen molar-refractivity contribution in [1.29, 1.82) is 0 Å². The van der Waals surface area contributed by atoms with Crippen LogP contribution in [0, 0.1) is 0 Å². The minimum absolute atomic E-state index is 0.0170. The molecule has 1 heterocycles. The summed E-state index contributed by atoms with van der Waals surface area (Å²) in [5.74, 6) is 0. The van der Waals surface area contributed by atoms with Gasteiger partial charge < -0.3 is 0 Å². The van der Waals surface area contributed by atoms with E-state index < -0.39 is 38.8 Å². The molecule has 0 atom stereocenters. The highest BCUT2D eigenvalue weighted by molar-refractivity contribution is 7.89. The van der Waals surface area contributed by atoms with Crippen LogP contribution in [0.3, 0.4) is 0 Å². The monoisotopic (exact) mass is 276 g/mol. The van der Waals surface area contributed by atoms with E-state index in [4.69, 9.17) is 0 Å². The van der Waals surface area contributed by atoms with Crippen LogP contribution in [0.1, 0.15) is 17.7 Å². The van der Waals surface area contributed by atoms with Crippen LogP contribution in [-0.2, 0) is 16.2 Å². The van der Waals surface area contributed by atoms with Crippen LogP contribution < -0.4 is 5.14 Å². The maximum atomic E-state index is 12.3. The molecule has 0 spiro atoms. The van der Waals surface area contributed by atoms with E-state index in [2.05, 4.69) is 10.1 Å². The van der Waals surface area contributed by atoms with Crippen molar-refractivity contribution < 1.29 is 30.4 Å². The molecule has 2 N–H and O–H groups in total. The number of pyridine rings is 1. The molecule has 4 nitrogen and oxygen atoms in total. The Balaban J connectivity index is 3.52. The second-order valence-electron chi connectivity index (χ2n) is 2.95. The van der Waals surface area contributed by atoms with Crippen molar-refractivity contribution in [2.24, 2.45) is 5.14 Å². The molecule has 96 valence electrons. The molecule has 1 aromatic heterocycles. The average molecular weight is 276 g/mol. The van der Waals surface area contributed by atoms with Gasteiger partial charge in [-0.15, -0.1) is 0 Å². The standard InChI is InChI=1S/C7H5F5N2O2S/c8-6(9)3-2-14-5(7(10,11)12)1-4(3)17(13,15)16/h1-2,6H,(H2,13,15,16). The number of sulfonamides is 1. The van der Waals surface area contributed by atoms with Gasteiger partial charge in [0.1, 0.15) is 5.69 Å². The van der Waals surface area contributed by atoms with E-state index >= 15 is 0 Å². The number of nitrogens with two attached hydrogens (primary N) is 1. The summed E-state index contributed by atoms with van der Waals surface area (Å²) in [5.41, 5.74) is -2.77. The molecule has 0 fully saturated rings. The third kappa shape index (κ3) is 3.09. The van der Waals surface area contributed by atoms with Crippen LogP contribution in [0.5, 0.6) is 0 Å². The Morgan fingerprint density at radius 2 is 1.82 bits per heavy atom. The molecule has 0 bridgehead atoms. The number of aromatic nitrogens is 1. The van der Waals surface area contributed by atoms with E-state index in [-0.39, 0.29) is 12.3 Å². The van der Waals surface area contributed by atoms with E-state index in [9.17, 15) is 30.4 Å². The summed E-state index contributed by atoms with van der Waals surface area (Å²) in [6.45, 7) is 0. The summed E-state index contributed by atoms with van der Waals surface area (Å²) >= 11 is 0. The Morgan fingerprint density at radius 1 is 1.29 bits per heavy atom. The maximum Gasteiger partial charge on any atom is 0.433 e. The number of hydrogen-bond donors (Lipinski definition) is 1. The molecule has 1 aromatic rings. The van der Waals surface area contributed by atoms with Crippen LogP contribution >= 0.6 is 0 Å². The largest absolute Gasteiger partial charge is 0.433 e. The van der Waals surface area contributed by atoms with Gasteiger partial charge in [-0.25, -0.2) is 22.3 Å². The topological polar surface area (TPSA) is 73.1 Å². The van der Waals surface area contributed by atoms with Gasteiger partial charge in [0.2, 0.25) is 10.0 Å². The van der Waals surface area contributed by atoms with Crippen LogP contribution in [0.4, 0.5) is 22.0 Å². The first-order valence-electron chi connectivity index (χ1n) is 3.91. The molecule has 0 saturated heterocycles. The van der Waals surface area contributed by atoms with Crippen molar-refractivity contribution in [2.45, 2.75) is 17.5 Å². The zero-order valence-corrected chi connectivity index (χ0v) is 8.69. The molecule has 0 radical (unpaired) electrons. The van der Waals surface area contributed by atoms with Crippen molar-refractivity contribution in [3.8, 4) is 0 Å². The van der Waals surface area contributed by atoms with E-state index in [1.165, 1.54) is 0 Å². The number of hydrogen-bond acceptors (Lipinski definition) is 3. The molecule has 0 aliphatic carbocycles. The van der Waals surface area contributed by atoms with Crippen molar-refractivity contribution >= 4 is 10.0 Å². The Bertz CT molecular complexity index is 526. The minimum atomic E-state index is -4.94. The molecule has 17 heavy (non-hydrogen) atoms. The fourth-order valence-electron chi connectivity index (χ4n) is 1.01. The minimum Gasteiger partial charge on any atom is -0.251 e. The van der Waals surface area contributed by atoms with Crippen LogP contribution in [-0.4, -0.2) is 13.4 Å². The lowest BCUT2D eigenvalue weighted by molar-refractivity contribution is -0.141. The molecule has 0 aliphatic rings. The van der Waals surface area contributed by atoms with Gasteiger partial charge in [-0.1, -0.05) is 0 Å². The van der Waals surface area contributed by atoms with Gasteiger partial charge in [-0.2, -0.15) is 13.2 Å². The summed E-state index contributed by atoms with van der Waals surface area (Å²) < 4.78 is 83.1. The molecule has 0 unspecified atom stereocenters.